The second kappa shape index (κ2) is 3.35. The summed E-state index contributed by atoms with van der Waals surface area (Å²) >= 11 is 0. The van der Waals surface area contributed by atoms with Gasteiger partial charge in [0.25, 0.3) is 0 Å². The number of rotatable bonds is 1. The van der Waals surface area contributed by atoms with Crippen molar-refractivity contribution in [3.05, 3.63) is 0 Å². The van der Waals surface area contributed by atoms with E-state index in [4.69, 9.17) is 11.2 Å². The monoisotopic (exact) mass is 78.0 g/mol. The largest absolute Gasteiger partial charge is 0.326 e. The summed E-state index contributed by atoms with van der Waals surface area (Å²) in [6, 6.07) is 0. The van der Waals surface area contributed by atoms with Gasteiger partial charge in [-0.2, -0.15) is 0 Å². The van der Waals surface area contributed by atoms with Crippen molar-refractivity contribution in [1.82, 2.24) is 0 Å². The average Bonchev–Trinajstić information content (AvgIpc) is 1.37. The summed E-state index contributed by atoms with van der Waals surface area (Å²) in [5.41, 5.74) is 9.85. The van der Waals surface area contributed by atoms with Crippen LogP contribution in [0.5, 0.6) is 0 Å². The lowest BCUT2D eigenvalue weighted by molar-refractivity contribution is 1.39. The first kappa shape index (κ1) is 4.35. The van der Waals surface area contributed by atoms with E-state index in [0.29, 0.717) is 15.0 Å². The van der Waals surface area contributed by atoms with Crippen LogP contribution in [0.4, 0.5) is 0 Å². The van der Waals surface area contributed by atoms with Gasteiger partial charge >= 0.3 is 0 Å². The normalized spacial score (nSPS) is 10.5. The van der Waals surface area contributed by atoms with Crippen LogP contribution in [0.25, 0.3) is 0 Å². The molecule has 0 heterocycles. The topological polar surface area (TPSA) is 52.0 Å². The molecular formula is CH7N2P. The highest BCUT2D eigenvalue weighted by Gasteiger charge is 1.53. The summed E-state index contributed by atoms with van der Waals surface area (Å²) in [5.74, 6) is 0. The molecule has 0 aliphatic rings. The van der Waals surface area contributed by atoms with Crippen LogP contribution in [0.1, 0.15) is 0 Å². The van der Waals surface area contributed by atoms with Gasteiger partial charge in [0.1, 0.15) is 0 Å². The molecule has 0 amide bonds. The molecule has 0 rings (SSSR count). The first-order valence-electron chi connectivity index (χ1n) is 1.05. The quantitative estimate of drug-likeness (QED) is 0.413. The molecule has 0 bridgehead atoms. The lowest BCUT2D eigenvalue weighted by Gasteiger charge is -1.72. The molecule has 0 aromatic heterocycles. The van der Waals surface area contributed by atoms with Crippen molar-refractivity contribution in [2.45, 2.75) is 0 Å². The summed E-state index contributed by atoms with van der Waals surface area (Å²) in [6.45, 7) is 0. The zero-order valence-corrected chi connectivity index (χ0v) is 3.36. The molecule has 0 aromatic rings. The van der Waals surface area contributed by atoms with Crippen molar-refractivity contribution in [3.8, 4) is 0 Å². The maximum absolute atomic E-state index is 4.93. The Hall–Kier alpha value is 0.350. The molecule has 3 heteroatoms. The minimum atomic E-state index is 0.418. The van der Waals surface area contributed by atoms with Gasteiger partial charge in [0.05, 0.1) is 0 Å². The molecule has 1 atom stereocenters. The summed E-state index contributed by atoms with van der Waals surface area (Å²) in [7, 11) is 0.418. The second-order valence-corrected chi connectivity index (χ2v) is 1.22. The third-order valence-corrected chi connectivity index (χ3v) is 0.354. The van der Waals surface area contributed by atoms with Crippen molar-refractivity contribution in [2.75, 3.05) is 6.29 Å². The van der Waals surface area contributed by atoms with Crippen LogP contribution in [0.2, 0.25) is 0 Å². The van der Waals surface area contributed by atoms with Gasteiger partial charge in [0, 0.05) is 6.29 Å². The lowest BCUT2D eigenvalue weighted by atomic mass is 11.6. The Kier molecular flexibility index (Phi) is 3.64. The van der Waals surface area contributed by atoms with Gasteiger partial charge in [-0.1, -0.05) is 0 Å². The predicted molar refractivity (Wildman–Crippen MR) is 21.6 cm³/mol. The van der Waals surface area contributed by atoms with Gasteiger partial charge in [0.15, 0.2) is 0 Å². The zero-order valence-electron chi connectivity index (χ0n) is 2.36. The Morgan fingerprint density at radius 3 is 2.00 bits per heavy atom. The van der Waals surface area contributed by atoms with Crippen molar-refractivity contribution in [2.24, 2.45) is 11.2 Å². The number of hydrogen-bond donors (Lipinski definition) is 2. The van der Waals surface area contributed by atoms with E-state index in [2.05, 4.69) is 0 Å². The molecule has 0 aromatic carbocycles. The van der Waals surface area contributed by atoms with Crippen LogP contribution < -0.4 is 11.2 Å². The van der Waals surface area contributed by atoms with Gasteiger partial charge in [-0.05, 0) is 8.73 Å². The molecule has 0 saturated carbocycles. The fraction of sp³-hybridized carbons (Fsp3) is 1.00. The van der Waals surface area contributed by atoms with Gasteiger partial charge in [0.2, 0.25) is 0 Å². The van der Waals surface area contributed by atoms with Crippen LogP contribution in [0.3, 0.4) is 0 Å². The minimum absolute atomic E-state index is 0.418. The molecule has 0 spiro atoms. The van der Waals surface area contributed by atoms with E-state index in [1.165, 1.54) is 0 Å². The molecule has 0 aliphatic heterocycles. The first-order valence-corrected chi connectivity index (χ1v) is 2.33. The van der Waals surface area contributed by atoms with Crippen LogP contribution >= 0.6 is 8.73 Å². The molecule has 0 fully saturated rings. The molecule has 4 N–H and O–H groups in total. The molecule has 0 aliphatic carbocycles. The van der Waals surface area contributed by atoms with Crippen molar-refractivity contribution in [1.29, 1.82) is 0 Å². The highest BCUT2D eigenvalue weighted by Crippen LogP contribution is 1.82. The van der Waals surface area contributed by atoms with Gasteiger partial charge in [-0.15, -0.1) is 0 Å². The van der Waals surface area contributed by atoms with Gasteiger partial charge < -0.3 is 11.2 Å². The van der Waals surface area contributed by atoms with E-state index >= 15 is 0 Å². The van der Waals surface area contributed by atoms with Gasteiger partial charge in [-0.25, -0.2) is 0 Å². The SMILES string of the molecule is NCPN. The van der Waals surface area contributed by atoms with E-state index in [1.54, 1.807) is 0 Å². The third-order valence-electron chi connectivity index (χ3n) is 0.118. The van der Waals surface area contributed by atoms with E-state index in [0.717, 1.165) is 0 Å². The highest BCUT2D eigenvalue weighted by molar-refractivity contribution is 7.34. The first-order chi connectivity index (χ1) is 1.91. The summed E-state index contributed by atoms with van der Waals surface area (Å²) < 4.78 is 0. The molecule has 2 nitrogen and oxygen atoms in total. The highest BCUT2D eigenvalue weighted by atomic mass is 31.1. The van der Waals surface area contributed by atoms with Crippen LogP contribution in [-0.4, -0.2) is 6.29 Å². The van der Waals surface area contributed by atoms with Crippen molar-refractivity contribution in [3.63, 3.8) is 0 Å². The second-order valence-electron chi connectivity index (χ2n) is 0.408. The summed E-state index contributed by atoms with van der Waals surface area (Å²) in [5, 5.41) is 0. The maximum Gasteiger partial charge on any atom is 0.0231 e. The molecule has 1 unspecified atom stereocenters. The number of nitrogens with two attached hydrogens (primary N) is 2. The standard InChI is InChI=1S/CH7N2P/c2-1-4-3/h4H,1-3H2. The van der Waals surface area contributed by atoms with Crippen LogP contribution in [-0.2, 0) is 0 Å². The molecule has 4 heavy (non-hydrogen) atoms. The van der Waals surface area contributed by atoms with Crippen molar-refractivity contribution >= 4 is 8.73 Å². The maximum atomic E-state index is 4.93. The fourth-order valence-electron chi connectivity index (χ4n) is 0. The van der Waals surface area contributed by atoms with E-state index in [9.17, 15) is 0 Å². The zero-order chi connectivity index (χ0) is 3.41. The number of hydrogen-bond acceptors (Lipinski definition) is 2. The Bertz CT molecular complexity index is 8.00. The predicted octanol–water partition coefficient (Wildman–Crippen LogP) is -0.545. The molecular weight excluding hydrogens is 71.0 g/mol. The Morgan fingerprint density at radius 1 is 1.75 bits per heavy atom. The Morgan fingerprint density at radius 2 is 2.00 bits per heavy atom. The van der Waals surface area contributed by atoms with E-state index in [1.807, 2.05) is 0 Å². The molecule has 0 radical (unpaired) electrons. The summed E-state index contributed by atoms with van der Waals surface area (Å²) in [6.07, 6.45) is 0.625. The van der Waals surface area contributed by atoms with Crippen LogP contribution in [0.15, 0.2) is 0 Å². The fourth-order valence-corrected chi connectivity index (χ4v) is 0. The van der Waals surface area contributed by atoms with E-state index < -0.39 is 0 Å². The minimum Gasteiger partial charge on any atom is -0.326 e. The smallest absolute Gasteiger partial charge is 0.0231 e. The lowest BCUT2D eigenvalue weighted by Crippen LogP contribution is -1.92. The van der Waals surface area contributed by atoms with Crippen molar-refractivity contribution < 1.29 is 0 Å². The Balaban J connectivity index is 1.97. The van der Waals surface area contributed by atoms with Crippen LogP contribution in [0, 0.1) is 0 Å². The van der Waals surface area contributed by atoms with E-state index in [-0.39, 0.29) is 0 Å². The summed E-state index contributed by atoms with van der Waals surface area (Å²) in [4.78, 5) is 0. The van der Waals surface area contributed by atoms with Gasteiger partial charge in [-0.3, -0.25) is 0 Å². The average molecular weight is 78.1 g/mol. The molecule has 26 valence electrons. The Labute approximate surface area is 27.4 Å². The third kappa shape index (κ3) is 2.35. The molecule has 0 saturated heterocycles.